The Morgan fingerprint density at radius 2 is 1.89 bits per heavy atom. The lowest BCUT2D eigenvalue weighted by Crippen LogP contribution is -2.43. The van der Waals surface area contributed by atoms with Gasteiger partial charge in [0.2, 0.25) is 0 Å². The van der Waals surface area contributed by atoms with E-state index in [9.17, 15) is 18.4 Å². The van der Waals surface area contributed by atoms with Gasteiger partial charge in [0.15, 0.2) is 11.6 Å². The minimum atomic E-state index is -1.27. The number of cyclic esters (lactones) is 1. The highest BCUT2D eigenvalue weighted by Gasteiger charge is 2.35. The third-order valence-corrected chi connectivity index (χ3v) is 8.26. The number of anilines is 2. The summed E-state index contributed by atoms with van der Waals surface area (Å²) >= 11 is 0. The molecule has 0 aromatic heterocycles. The normalized spacial score (nSPS) is 21.9. The molecule has 2 aliphatic rings. The summed E-state index contributed by atoms with van der Waals surface area (Å²) in [6, 6.07) is 4.21. The molecule has 2 amide bonds. The van der Waals surface area contributed by atoms with Crippen LogP contribution < -0.4 is 15.1 Å². The third kappa shape index (κ3) is 4.32. The maximum absolute atomic E-state index is 14.7. The van der Waals surface area contributed by atoms with Gasteiger partial charge in [-0.3, -0.25) is 4.90 Å². The van der Waals surface area contributed by atoms with Crippen LogP contribution >= 0.6 is 0 Å². The van der Waals surface area contributed by atoms with Crippen molar-refractivity contribution in [1.29, 1.82) is 0 Å². The van der Waals surface area contributed by atoms with Crippen LogP contribution in [-0.2, 0) is 4.74 Å². The topological polar surface area (TPSA) is 82.1 Å². The molecule has 2 N–H and O–H groups in total. The summed E-state index contributed by atoms with van der Waals surface area (Å²) in [6.45, 7) is 5.72. The predicted octanol–water partition coefficient (Wildman–Crippen LogP) is 3.09. The molecule has 3 rings (SSSR count). The molecular formula is C17H23F2N3O4Si. The molecule has 1 aromatic rings. The maximum Gasteiger partial charge on any atom is 0.414 e. The van der Waals surface area contributed by atoms with Crippen LogP contribution in [0.5, 0.6) is 0 Å². The molecule has 2 saturated heterocycles. The zero-order valence-electron chi connectivity index (χ0n) is 15.3. The lowest BCUT2D eigenvalue weighted by molar-refractivity contribution is 0.136. The number of rotatable bonds is 4. The number of benzene rings is 1. The van der Waals surface area contributed by atoms with E-state index in [4.69, 9.17) is 9.84 Å². The van der Waals surface area contributed by atoms with Gasteiger partial charge in [0.05, 0.1) is 26.9 Å². The lowest BCUT2D eigenvalue weighted by Gasteiger charge is -2.37. The van der Waals surface area contributed by atoms with Crippen LogP contribution in [0.15, 0.2) is 12.1 Å². The number of nitrogens with one attached hydrogen (secondary N) is 1. The van der Waals surface area contributed by atoms with Crippen molar-refractivity contribution in [2.75, 3.05) is 36.0 Å². The van der Waals surface area contributed by atoms with Gasteiger partial charge in [0.25, 0.3) is 0 Å². The van der Waals surface area contributed by atoms with Crippen molar-refractivity contribution in [2.24, 2.45) is 0 Å². The van der Waals surface area contributed by atoms with Crippen molar-refractivity contribution < 1.29 is 28.2 Å². The van der Waals surface area contributed by atoms with E-state index in [1.807, 2.05) is 0 Å². The Bertz CT molecular complexity index is 729. The molecule has 2 heterocycles. The molecule has 10 heteroatoms. The Hall–Kier alpha value is -2.36. The number of nitrogens with zero attached hydrogens (tertiary/aromatic N) is 2. The van der Waals surface area contributed by atoms with Gasteiger partial charge >= 0.3 is 12.2 Å². The number of carbonyl (C=O) groups excluding carboxylic acids is 1. The first-order valence-electron chi connectivity index (χ1n) is 8.85. The number of amides is 2. The summed E-state index contributed by atoms with van der Waals surface area (Å²) in [4.78, 5) is 25.4. The van der Waals surface area contributed by atoms with Crippen LogP contribution in [0.3, 0.4) is 0 Å². The van der Waals surface area contributed by atoms with Gasteiger partial charge in [-0.15, -0.1) is 0 Å². The molecule has 2 aliphatic heterocycles. The van der Waals surface area contributed by atoms with E-state index in [2.05, 4.69) is 18.4 Å². The number of hydrogen-bond donors (Lipinski definition) is 2. The Kier molecular flexibility index (Phi) is 5.27. The van der Waals surface area contributed by atoms with Crippen LogP contribution in [0.2, 0.25) is 25.2 Å². The quantitative estimate of drug-likeness (QED) is 0.761. The smallest absolute Gasteiger partial charge is 0.414 e. The fraction of sp³-hybridized carbons (Fsp3) is 0.529. The molecular weight excluding hydrogens is 376 g/mol. The van der Waals surface area contributed by atoms with Crippen molar-refractivity contribution in [2.45, 2.75) is 31.3 Å². The SMILES string of the molecule is C[Si]1(C)CCN(c2c(F)cc(N3CC(CNC(=O)O)OC3=O)cc2F)CC1. The second-order valence-electron chi connectivity index (χ2n) is 7.71. The zero-order valence-corrected chi connectivity index (χ0v) is 16.3. The fourth-order valence-electron chi connectivity index (χ4n) is 3.39. The molecule has 1 aromatic carbocycles. The summed E-state index contributed by atoms with van der Waals surface area (Å²) < 4.78 is 34.4. The molecule has 27 heavy (non-hydrogen) atoms. The van der Waals surface area contributed by atoms with Crippen molar-refractivity contribution >= 4 is 31.6 Å². The lowest BCUT2D eigenvalue weighted by atomic mass is 10.2. The minimum absolute atomic E-state index is 0.0147. The van der Waals surface area contributed by atoms with Crippen molar-refractivity contribution in [3.8, 4) is 0 Å². The second-order valence-corrected chi connectivity index (χ2v) is 13.0. The van der Waals surface area contributed by atoms with Crippen molar-refractivity contribution in [1.82, 2.24) is 5.32 Å². The summed E-state index contributed by atoms with van der Waals surface area (Å²) in [5, 5.41) is 10.7. The highest BCUT2D eigenvalue weighted by atomic mass is 28.3. The number of halogens is 2. The van der Waals surface area contributed by atoms with Gasteiger partial charge in [-0.05, 0) is 12.1 Å². The standard InChI is InChI=1S/C17H23F2N3O4Si/c1-27(2)5-3-21(4-6-27)15-13(18)7-11(8-14(15)19)22-10-12(26-17(22)25)9-20-16(23)24/h7-8,12,20H,3-6,9-10H2,1-2H3,(H,23,24). The molecule has 0 radical (unpaired) electrons. The monoisotopic (exact) mass is 399 g/mol. The molecule has 2 fully saturated rings. The molecule has 1 unspecified atom stereocenters. The molecule has 0 bridgehead atoms. The molecule has 0 spiro atoms. The van der Waals surface area contributed by atoms with Crippen LogP contribution in [0, 0.1) is 11.6 Å². The third-order valence-electron chi connectivity index (χ3n) is 5.10. The highest BCUT2D eigenvalue weighted by molar-refractivity contribution is 6.77. The average molecular weight is 399 g/mol. The number of hydrogen-bond acceptors (Lipinski definition) is 4. The zero-order chi connectivity index (χ0) is 19.8. The van der Waals surface area contributed by atoms with Crippen LogP contribution in [0.25, 0.3) is 0 Å². The predicted molar refractivity (Wildman–Crippen MR) is 99.3 cm³/mol. The first-order chi connectivity index (χ1) is 12.7. The van der Waals surface area contributed by atoms with Crippen LogP contribution in [0.4, 0.5) is 29.7 Å². The van der Waals surface area contributed by atoms with Crippen LogP contribution in [-0.4, -0.2) is 57.6 Å². The maximum atomic E-state index is 14.7. The first-order valence-corrected chi connectivity index (χ1v) is 12.3. The van der Waals surface area contributed by atoms with E-state index in [1.165, 1.54) is 0 Å². The Balaban J connectivity index is 1.75. The molecule has 148 valence electrons. The Morgan fingerprint density at radius 1 is 1.30 bits per heavy atom. The summed E-state index contributed by atoms with van der Waals surface area (Å²) in [7, 11) is -1.27. The van der Waals surface area contributed by atoms with Gasteiger partial charge in [0, 0.05) is 25.2 Å². The number of ether oxygens (including phenoxy) is 1. The summed E-state index contributed by atoms with van der Waals surface area (Å²) in [6.07, 6.45) is -2.71. The van der Waals surface area contributed by atoms with E-state index >= 15 is 0 Å². The average Bonchev–Trinajstić information content (AvgIpc) is 2.94. The van der Waals surface area contributed by atoms with Crippen LogP contribution in [0.1, 0.15) is 0 Å². The van der Waals surface area contributed by atoms with Crippen molar-refractivity contribution in [3.63, 3.8) is 0 Å². The molecule has 7 nitrogen and oxygen atoms in total. The molecule has 0 saturated carbocycles. The van der Waals surface area contributed by atoms with Gasteiger partial charge in [-0.2, -0.15) is 0 Å². The molecule has 1 atom stereocenters. The van der Waals surface area contributed by atoms with Gasteiger partial charge in [-0.25, -0.2) is 18.4 Å². The minimum Gasteiger partial charge on any atom is -0.465 e. The molecule has 0 aliphatic carbocycles. The van der Waals surface area contributed by atoms with Gasteiger partial charge in [0.1, 0.15) is 11.8 Å². The van der Waals surface area contributed by atoms with E-state index in [-0.39, 0.29) is 24.5 Å². The summed E-state index contributed by atoms with van der Waals surface area (Å²) in [5.74, 6) is -1.43. The number of carboxylic acid groups (broad SMARTS) is 1. The largest absolute Gasteiger partial charge is 0.465 e. The highest BCUT2D eigenvalue weighted by Crippen LogP contribution is 2.34. The van der Waals surface area contributed by atoms with Gasteiger partial charge < -0.3 is 20.1 Å². The van der Waals surface area contributed by atoms with E-state index < -0.39 is 38.0 Å². The summed E-state index contributed by atoms with van der Waals surface area (Å²) in [5.41, 5.74) is 0.00296. The van der Waals surface area contributed by atoms with Gasteiger partial charge in [-0.1, -0.05) is 13.1 Å². The van der Waals surface area contributed by atoms with Crippen molar-refractivity contribution in [3.05, 3.63) is 23.8 Å². The van der Waals surface area contributed by atoms with E-state index in [0.717, 1.165) is 29.1 Å². The Labute approximate surface area is 156 Å². The Morgan fingerprint density at radius 3 is 2.44 bits per heavy atom. The van der Waals surface area contributed by atoms with E-state index in [1.54, 1.807) is 4.90 Å². The van der Waals surface area contributed by atoms with E-state index in [0.29, 0.717) is 13.1 Å². The fourth-order valence-corrected chi connectivity index (χ4v) is 5.39. The first kappa shape index (κ1) is 19.4. The second kappa shape index (κ2) is 7.33. The number of carbonyl (C=O) groups is 2.